The molecule has 0 aromatic carbocycles. The third-order valence-corrected chi connectivity index (χ3v) is 5.43. The number of rotatable bonds is 3. The zero-order valence-corrected chi connectivity index (χ0v) is 15.7. The molecule has 0 aliphatic carbocycles. The smallest absolute Gasteiger partial charge is 0.274 e. The minimum Gasteiger partial charge on any atom is -0.339 e. The third kappa shape index (κ3) is 3.13. The first-order valence-corrected chi connectivity index (χ1v) is 9.40. The lowest BCUT2D eigenvalue weighted by atomic mass is 9.96. The van der Waals surface area contributed by atoms with Crippen LogP contribution in [0.3, 0.4) is 0 Å². The van der Waals surface area contributed by atoms with Crippen LogP contribution in [0.1, 0.15) is 72.0 Å². The van der Waals surface area contributed by atoms with Crippen molar-refractivity contribution >= 4 is 5.91 Å². The van der Waals surface area contributed by atoms with Gasteiger partial charge in [-0.1, -0.05) is 19.0 Å². The number of carbonyl (C=O) groups is 1. The molecule has 0 atom stereocenters. The van der Waals surface area contributed by atoms with Crippen LogP contribution in [0.15, 0.2) is 4.52 Å². The Hall–Kier alpha value is -2.22. The van der Waals surface area contributed by atoms with Crippen LogP contribution in [0.5, 0.6) is 0 Å². The first-order chi connectivity index (χ1) is 12.5. The lowest BCUT2D eigenvalue weighted by molar-refractivity contribution is 0.0696. The topological polar surface area (TPSA) is 91.2 Å². The number of likely N-dealkylation sites (tertiary alicyclic amines) is 1. The molecule has 1 fully saturated rings. The van der Waals surface area contributed by atoms with Crippen LogP contribution in [0.2, 0.25) is 0 Å². The van der Waals surface area contributed by atoms with Gasteiger partial charge in [0.25, 0.3) is 5.91 Å². The average Bonchev–Trinajstić information content (AvgIpc) is 3.28. The van der Waals surface area contributed by atoms with Crippen LogP contribution in [-0.2, 0) is 13.0 Å². The monoisotopic (exact) mass is 358 g/mol. The van der Waals surface area contributed by atoms with Gasteiger partial charge in [0.15, 0.2) is 11.5 Å². The summed E-state index contributed by atoms with van der Waals surface area (Å²) in [6, 6.07) is 0. The molecular weight excluding hydrogens is 332 g/mol. The number of hydrogen-bond acceptors (Lipinski definition) is 6. The maximum absolute atomic E-state index is 12.9. The van der Waals surface area contributed by atoms with Crippen molar-refractivity contribution in [2.45, 2.75) is 51.5 Å². The zero-order chi connectivity index (χ0) is 18.3. The molecule has 0 unspecified atom stereocenters. The Morgan fingerprint density at radius 3 is 2.73 bits per heavy atom. The number of carbonyl (C=O) groups excluding carboxylic acids is 1. The first kappa shape index (κ1) is 17.2. The number of amides is 1. The van der Waals surface area contributed by atoms with Crippen molar-refractivity contribution in [3.8, 4) is 0 Å². The molecule has 2 aromatic heterocycles. The van der Waals surface area contributed by atoms with E-state index in [1.54, 1.807) is 0 Å². The Bertz CT molecular complexity index is 787. The van der Waals surface area contributed by atoms with Crippen molar-refractivity contribution in [2.24, 2.45) is 0 Å². The molecule has 1 amide bonds. The predicted molar refractivity (Wildman–Crippen MR) is 94.9 cm³/mol. The van der Waals surface area contributed by atoms with Gasteiger partial charge in [0.05, 0.1) is 0 Å². The maximum atomic E-state index is 12.9. The van der Waals surface area contributed by atoms with Crippen LogP contribution < -0.4 is 0 Å². The van der Waals surface area contributed by atoms with Gasteiger partial charge in [0.2, 0.25) is 5.89 Å². The highest BCUT2D eigenvalue weighted by atomic mass is 16.5. The number of aromatic amines is 1. The summed E-state index contributed by atoms with van der Waals surface area (Å²) >= 11 is 0. The van der Waals surface area contributed by atoms with E-state index in [9.17, 15) is 4.79 Å². The van der Waals surface area contributed by atoms with E-state index in [0.717, 1.165) is 49.4 Å². The molecule has 8 nitrogen and oxygen atoms in total. The molecular formula is C18H26N6O2. The lowest BCUT2D eigenvalue weighted by Crippen LogP contribution is -2.39. The van der Waals surface area contributed by atoms with Gasteiger partial charge in [-0.2, -0.15) is 10.1 Å². The standard InChI is InChI=1S/C18H26N6O2/c1-11(2)16-19-17(26-22-16)12-4-8-24(9-5-12)18(25)15-13-10-23(3)7-6-14(13)20-21-15/h11-12H,4-10H2,1-3H3,(H,20,21). The summed E-state index contributed by atoms with van der Waals surface area (Å²) in [5, 5.41) is 11.4. The van der Waals surface area contributed by atoms with Crippen molar-refractivity contribution < 1.29 is 9.32 Å². The maximum Gasteiger partial charge on any atom is 0.274 e. The number of likely N-dealkylation sites (N-methyl/N-ethyl adjacent to an activating group) is 1. The van der Waals surface area contributed by atoms with E-state index in [2.05, 4.69) is 46.1 Å². The molecule has 140 valence electrons. The van der Waals surface area contributed by atoms with E-state index >= 15 is 0 Å². The van der Waals surface area contributed by atoms with E-state index in [1.807, 2.05) is 4.90 Å². The molecule has 1 N–H and O–H groups in total. The number of nitrogens with one attached hydrogen (secondary N) is 1. The summed E-state index contributed by atoms with van der Waals surface area (Å²) in [4.78, 5) is 21.6. The molecule has 4 rings (SSSR count). The van der Waals surface area contributed by atoms with Crippen molar-refractivity contribution in [1.82, 2.24) is 30.1 Å². The summed E-state index contributed by atoms with van der Waals surface area (Å²) in [6.45, 7) is 7.27. The first-order valence-electron chi connectivity index (χ1n) is 9.40. The van der Waals surface area contributed by atoms with E-state index < -0.39 is 0 Å². The van der Waals surface area contributed by atoms with Crippen molar-refractivity contribution in [3.05, 3.63) is 28.7 Å². The molecule has 4 heterocycles. The third-order valence-electron chi connectivity index (χ3n) is 5.43. The van der Waals surface area contributed by atoms with Gasteiger partial charge in [0, 0.05) is 55.7 Å². The second-order valence-corrected chi connectivity index (χ2v) is 7.73. The Balaban J connectivity index is 1.42. The van der Waals surface area contributed by atoms with Gasteiger partial charge in [-0.3, -0.25) is 9.89 Å². The van der Waals surface area contributed by atoms with Gasteiger partial charge in [0.1, 0.15) is 0 Å². The van der Waals surface area contributed by atoms with Crippen LogP contribution >= 0.6 is 0 Å². The zero-order valence-electron chi connectivity index (χ0n) is 15.7. The summed E-state index contributed by atoms with van der Waals surface area (Å²) in [6.07, 6.45) is 2.61. The molecule has 8 heteroatoms. The van der Waals surface area contributed by atoms with E-state index in [4.69, 9.17) is 4.52 Å². The number of aromatic nitrogens is 4. The Morgan fingerprint density at radius 2 is 2.04 bits per heavy atom. The fourth-order valence-corrected chi connectivity index (χ4v) is 3.73. The largest absolute Gasteiger partial charge is 0.339 e. The predicted octanol–water partition coefficient (Wildman–Crippen LogP) is 1.92. The molecule has 0 saturated carbocycles. The lowest BCUT2D eigenvalue weighted by Gasteiger charge is -2.30. The van der Waals surface area contributed by atoms with Gasteiger partial charge in [-0.05, 0) is 19.9 Å². The number of nitrogens with zero attached hydrogens (tertiary/aromatic N) is 5. The van der Waals surface area contributed by atoms with E-state index in [1.165, 1.54) is 0 Å². The number of H-pyrrole nitrogens is 1. The van der Waals surface area contributed by atoms with Crippen molar-refractivity contribution in [1.29, 1.82) is 0 Å². The van der Waals surface area contributed by atoms with E-state index in [-0.39, 0.29) is 17.7 Å². The molecule has 2 aliphatic heterocycles. The highest BCUT2D eigenvalue weighted by molar-refractivity contribution is 5.94. The average molecular weight is 358 g/mol. The second-order valence-electron chi connectivity index (χ2n) is 7.73. The van der Waals surface area contributed by atoms with Gasteiger partial charge >= 0.3 is 0 Å². The summed E-state index contributed by atoms with van der Waals surface area (Å²) in [5.74, 6) is 1.99. The molecule has 2 aromatic rings. The summed E-state index contributed by atoms with van der Waals surface area (Å²) in [5.41, 5.74) is 2.75. The highest BCUT2D eigenvalue weighted by Gasteiger charge is 2.31. The number of hydrogen-bond donors (Lipinski definition) is 1. The summed E-state index contributed by atoms with van der Waals surface area (Å²) in [7, 11) is 2.07. The Morgan fingerprint density at radius 1 is 1.27 bits per heavy atom. The Kier molecular flexibility index (Phi) is 4.52. The van der Waals surface area contributed by atoms with Crippen LogP contribution in [0.4, 0.5) is 0 Å². The van der Waals surface area contributed by atoms with Crippen molar-refractivity contribution in [2.75, 3.05) is 26.7 Å². The van der Waals surface area contributed by atoms with Gasteiger partial charge in [-0.25, -0.2) is 0 Å². The normalized spacial score (nSPS) is 19.2. The number of piperidine rings is 1. The quantitative estimate of drug-likeness (QED) is 0.901. The molecule has 2 aliphatic rings. The molecule has 1 saturated heterocycles. The molecule has 26 heavy (non-hydrogen) atoms. The Labute approximate surface area is 152 Å². The number of fused-ring (bicyclic) bond motifs is 1. The van der Waals surface area contributed by atoms with Crippen molar-refractivity contribution in [3.63, 3.8) is 0 Å². The van der Waals surface area contributed by atoms with Gasteiger partial charge < -0.3 is 14.3 Å². The molecule has 0 bridgehead atoms. The van der Waals surface area contributed by atoms with E-state index in [0.29, 0.717) is 24.7 Å². The highest BCUT2D eigenvalue weighted by Crippen LogP contribution is 2.29. The van der Waals surface area contributed by atoms with Crippen LogP contribution in [0, 0.1) is 0 Å². The molecule has 0 spiro atoms. The minimum absolute atomic E-state index is 0.0321. The molecule has 0 radical (unpaired) electrons. The fourth-order valence-electron chi connectivity index (χ4n) is 3.73. The SMILES string of the molecule is CC(C)c1noc(C2CCN(C(=O)c3n[nH]c4c3CN(C)CC4)CC2)n1. The van der Waals surface area contributed by atoms with Gasteiger partial charge in [-0.15, -0.1) is 0 Å². The fraction of sp³-hybridized carbons (Fsp3) is 0.667. The summed E-state index contributed by atoms with van der Waals surface area (Å²) < 4.78 is 5.43. The minimum atomic E-state index is 0.0321. The van der Waals surface area contributed by atoms with Crippen LogP contribution in [-0.4, -0.2) is 62.7 Å². The van der Waals surface area contributed by atoms with Crippen LogP contribution in [0.25, 0.3) is 0 Å². The second kappa shape index (κ2) is 6.83.